The fraction of sp³-hybridized carbons (Fsp3) is 0.714. The molecule has 1 aromatic heterocycles. The van der Waals surface area contributed by atoms with Gasteiger partial charge in [-0.2, -0.15) is 0 Å². The van der Waals surface area contributed by atoms with Gasteiger partial charge in [0.25, 0.3) is 0 Å². The molecule has 0 spiro atoms. The second-order valence-electron chi connectivity index (χ2n) is 5.29. The van der Waals surface area contributed by atoms with E-state index in [1.165, 1.54) is 0 Å². The van der Waals surface area contributed by atoms with Crippen LogP contribution >= 0.6 is 11.3 Å². The smallest absolute Gasteiger partial charge is 0.230 e. The van der Waals surface area contributed by atoms with Crippen LogP contribution in [-0.2, 0) is 4.79 Å². The number of rotatable bonds is 5. The summed E-state index contributed by atoms with van der Waals surface area (Å²) in [4.78, 5) is 21.3. The van der Waals surface area contributed by atoms with E-state index in [-0.39, 0.29) is 11.3 Å². The zero-order valence-corrected chi connectivity index (χ0v) is 13.2. The van der Waals surface area contributed by atoms with E-state index in [1.807, 2.05) is 16.5 Å². The third-order valence-corrected chi connectivity index (χ3v) is 5.29. The number of carbonyl (C=O) groups excluding carboxylic acids is 1. The van der Waals surface area contributed by atoms with Crippen LogP contribution in [0, 0.1) is 5.41 Å². The largest absolute Gasteiger partial charge is 0.345 e. The topological polar surface area (TPSA) is 62.5 Å². The number of aromatic nitrogens is 1. The number of piperazine rings is 1. The molecule has 1 aliphatic heterocycles. The molecule has 2 N–H and O–H groups in total. The Labute approximate surface area is 124 Å². The van der Waals surface area contributed by atoms with Gasteiger partial charge in [-0.25, -0.2) is 4.98 Å². The fourth-order valence-corrected chi connectivity index (χ4v) is 3.43. The van der Waals surface area contributed by atoms with E-state index >= 15 is 0 Å². The minimum absolute atomic E-state index is 0.226. The molecule has 0 saturated carbocycles. The van der Waals surface area contributed by atoms with E-state index in [2.05, 4.69) is 23.7 Å². The lowest BCUT2D eigenvalue weighted by Crippen LogP contribution is -2.54. The number of nitrogens with zero attached hydrogens (tertiary/aromatic N) is 3. The maximum absolute atomic E-state index is 12.7. The highest BCUT2D eigenvalue weighted by Gasteiger charge is 2.37. The second kappa shape index (κ2) is 6.54. The summed E-state index contributed by atoms with van der Waals surface area (Å²) in [5.41, 5.74) is 5.50. The molecule has 0 radical (unpaired) electrons. The first-order chi connectivity index (χ1) is 9.66. The van der Waals surface area contributed by atoms with Gasteiger partial charge in [-0.05, 0) is 12.8 Å². The molecule has 6 heteroatoms. The van der Waals surface area contributed by atoms with Crippen molar-refractivity contribution in [2.45, 2.75) is 26.7 Å². The molecule has 0 unspecified atom stereocenters. The molecule has 2 rings (SSSR count). The van der Waals surface area contributed by atoms with Crippen LogP contribution in [0.3, 0.4) is 0 Å². The summed E-state index contributed by atoms with van der Waals surface area (Å²) in [6.45, 7) is 7.78. The Morgan fingerprint density at radius 1 is 1.35 bits per heavy atom. The van der Waals surface area contributed by atoms with Gasteiger partial charge in [-0.3, -0.25) is 4.79 Å². The molecule has 0 atom stereocenters. The normalized spacial score (nSPS) is 16.6. The maximum atomic E-state index is 12.7. The Balaban J connectivity index is 1.98. The van der Waals surface area contributed by atoms with Gasteiger partial charge in [-0.1, -0.05) is 13.8 Å². The molecule has 0 bridgehead atoms. The average Bonchev–Trinajstić information content (AvgIpc) is 3.04. The van der Waals surface area contributed by atoms with Crippen molar-refractivity contribution in [1.82, 2.24) is 9.88 Å². The molecule has 0 aliphatic carbocycles. The van der Waals surface area contributed by atoms with Gasteiger partial charge in [0.05, 0.1) is 5.41 Å². The van der Waals surface area contributed by atoms with E-state index in [0.29, 0.717) is 6.54 Å². The highest BCUT2D eigenvalue weighted by Crippen LogP contribution is 2.29. The van der Waals surface area contributed by atoms with Crippen LogP contribution in [0.5, 0.6) is 0 Å². The summed E-state index contributed by atoms with van der Waals surface area (Å²) in [6.07, 6.45) is 3.45. The summed E-state index contributed by atoms with van der Waals surface area (Å²) in [5, 5.41) is 3.04. The lowest BCUT2D eigenvalue weighted by Gasteiger charge is -2.40. The number of hydrogen-bond donors (Lipinski definition) is 1. The van der Waals surface area contributed by atoms with Crippen molar-refractivity contribution in [3.63, 3.8) is 0 Å². The van der Waals surface area contributed by atoms with Crippen molar-refractivity contribution in [3.05, 3.63) is 11.6 Å². The zero-order chi connectivity index (χ0) is 14.6. The number of carbonyl (C=O) groups is 1. The summed E-state index contributed by atoms with van der Waals surface area (Å²) in [6, 6.07) is 0. The number of nitrogens with two attached hydrogens (primary N) is 1. The van der Waals surface area contributed by atoms with Crippen molar-refractivity contribution in [3.8, 4) is 0 Å². The Morgan fingerprint density at radius 3 is 2.45 bits per heavy atom. The van der Waals surface area contributed by atoms with Crippen molar-refractivity contribution < 1.29 is 4.79 Å². The summed E-state index contributed by atoms with van der Waals surface area (Å²) < 4.78 is 0. The van der Waals surface area contributed by atoms with E-state index < -0.39 is 0 Å². The highest BCUT2D eigenvalue weighted by molar-refractivity contribution is 7.13. The first kappa shape index (κ1) is 15.3. The van der Waals surface area contributed by atoms with Crippen molar-refractivity contribution >= 4 is 22.4 Å². The van der Waals surface area contributed by atoms with Gasteiger partial charge in [0, 0.05) is 44.3 Å². The standard InChI is InChI=1S/C14H24N4OS/c1-3-14(4-2,11-15)12(19)17-6-8-18(9-7-17)13-16-5-10-20-13/h5,10H,3-4,6-9,11,15H2,1-2H3. The van der Waals surface area contributed by atoms with Crippen molar-refractivity contribution in [1.29, 1.82) is 0 Å². The molecule has 112 valence electrons. The number of amides is 1. The third kappa shape index (κ3) is 2.81. The quantitative estimate of drug-likeness (QED) is 0.895. The molecule has 1 fully saturated rings. The van der Waals surface area contributed by atoms with E-state index in [0.717, 1.165) is 44.2 Å². The molecule has 5 nitrogen and oxygen atoms in total. The predicted octanol–water partition coefficient (Wildman–Crippen LogP) is 1.56. The average molecular weight is 296 g/mol. The molecule has 1 aliphatic rings. The summed E-state index contributed by atoms with van der Waals surface area (Å²) >= 11 is 1.65. The van der Waals surface area contributed by atoms with Crippen LogP contribution in [0.15, 0.2) is 11.6 Å². The van der Waals surface area contributed by atoms with Gasteiger partial charge >= 0.3 is 0 Å². The van der Waals surface area contributed by atoms with E-state index in [1.54, 1.807) is 11.3 Å². The molecule has 0 aromatic carbocycles. The first-order valence-corrected chi connectivity index (χ1v) is 8.18. The van der Waals surface area contributed by atoms with Crippen molar-refractivity contribution in [2.24, 2.45) is 11.1 Å². The van der Waals surface area contributed by atoms with Gasteiger partial charge in [0.1, 0.15) is 0 Å². The van der Waals surface area contributed by atoms with Crippen molar-refractivity contribution in [2.75, 3.05) is 37.6 Å². The molecular formula is C14H24N4OS. The molecule has 1 aromatic rings. The molecular weight excluding hydrogens is 272 g/mol. The van der Waals surface area contributed by atoms with Gasteiger partial charge in [-0.15, -0.1) is 11.3 Å². The Hall–Kier alpha value is -1.14. The molecule has 20 heavy (non-hydrogen) atoms. The maximum Gasteiger partial charge on any atom is 0.230 e. The van der Waals surface area contributed by atoms with E-state index in [9.17, 15) is 4.79 Å². The van der Waals surface area contributed by atoms with Crippen LogP contribution < -0.4 is 10.6 Å². The first-order valence-electron chi connectivity index (χ1n) is 7.30. The molecule has 1 amide bonds. The summed E-state index contributed by atoms with van der Waals surface area (Å²) in [5.74, 6) is 0.226. The van der Waals surface area contributed by atoms with E-state index in [4.69, 9.17) is 5.73 Å². The van der Waals surface area contributed by atoms with Crippen LogP contribution in [0.1, 0.15) is 26.7 Å². The lowest BCUT2D eigenvalue weighted by molar-refractivity contribution is -0.142. The minimum atomic E-state index is -0.372. The third-order valence-electron chi connectivity index (χ3n) is 4.45. The monoisotopic (exact) mass is 296 g/mol. The fourth-order valence-electron chi connectivity index (χ4n) is 2.74. The van der Waals surface area contributed by atoms with Gasteiger partial charge in [0.2, 0.25) is 5.91 Å². The minimum Gasteiger partial charge on any atom is -0.345 e. The molecule has 2 heterocycles. The SMILES string of the molecule is CCC(CC)(CN)C(=O)N1CCN(c2nccs2)CC1. The predicted molar refractivity (Wildman–Crippen MR) is 83.0 cm³/mol. The highest BCUT2D eigenvalue weighted by atomic mass is 32.1. The lowest BCUT2D eigenvalue weighted by atomic mass is 9.81. The Morgan fingerprint density at radius 2 is 2.00 bits per heavy atom. The van der Waals surface area contributed by atoms with Crippen LogP contribution in [0.4, 0.5) is 5.13 Å². The van der Waals surface area contributed by atoms with Crippen LogP contribution in [-0.4, -0.2) is 48.5 Å². The van der Waals surface area contributed by atoms with Crippen LogP contribution in [0.25, 0.3) is 0 Å². The number of anilines is 1. The van der Waals surface area contributed by atoms with Crippen LogP contribution in [0.2, 0.25) is 0 Å². The Kier molecular flexibility index (Phi) is 4.99. The number of thiazole rings is 1. The number of hydrogen-bond acceptors (Lipinski definition) is 5. The van der Waals surface area contributed by atoms with Gasteiger partial charge < -0.3 is 15.5 Å². The Bertz CT molecular complexity index is 414. The second-order valence-corrected chi connectivity index (χ2v) is 6.16. The van der Waals surface area contributed by atoms with Gasteiger partial charge in [0.15, 0.2) is 5.13 Å². The molecule has 1 saturated heterocycles. The summed E-state index contributed by atoms with van der Waals surface area (Å²) in [7, 11) is 0. The zero-order valence-electron chi connectivity index (χ0n) is 12.3.